The zero-order chi connectivity index (χ0) is 15.9. The zero-order valence-corrected chi connectivity index (χ0v) is 11.6. The summed E-state index contributed by atoms with van der Waals surface area (Å²) in [6.45, 7) is 0.0103. The third-order valence-corrected chi connectivity index (χ3v) is 3.48. The highest BCUT2D eigenvalue weighted by Gasteiger charge is 2.36. The first-order valence-electron chi connectivity index (χ1n) is 6.08. The fraction of sp³-hybridized carbons (Fsp3) is 0.231. The van der Waals surface area contributed by atoms with E-state index in [1.165, 1.54) is 12.1 Å². The SMILES string of the molecule is O=c1[nH]cnc(C(F)(F)F)c1Cc1cc2c(cc1Cl)OCO2. The van der Waals surface area contributed by atoms with Crippen LogP contribution in [0.2, 0.25) is 5.02 Å². The van der Waals surface area contributed by atoms with Crippen LogP contribution in [0.3, 0.4) is 0 Å². The quantitative estimate of drug-likeness (QED) is 0.918. The van der Waals surface area contributed by atoms with Gasteiger partial charge in [0.25, 0.3) is 5.56 Å². The van der Waals surface area contributed by atoms with E-state index in [4.69, 9.17) is 21.1 Å². The highest BCUT2D eigenvalue weighted by Crippen LogP contribution is 2.38. The molecule has 0 radical (unpaired) electrons. The maximum Gasteiger partial charge on any atom is 0.433 e. The van der Waals surface area contributed by atoms with Gasteiger partial charge in [0.05, 0.1) is 11.9 Å². The van der Waals surface area contributed by atoms with Crippen LogP contribution >= 0.6 is 11.6 Å². The van der Waals surface area contributed by atoms with E-state index in [0.717, 1.165) is 6.33 Å². The smallest absolute Gasteiger partial charge is 0.433 e. The summed E-state index contributed by atoms with van der Waals surface area (Å²) < 4.78 is 49.1. The van der Waals surface area contributed by atoms with Gasteiger partial charge in [-0.2, -0.15) is 13.2 Å². The highest BCUT2D eigenvalue weighted by atomic mass is 35.5. The van der Waals surface area contributed by atoms with Gasteiger partial charge in [-0.25, -0.2) is 4.98 Å². The Morgan fingerprint density at radius 3 is 2.64 bits per heavy atom. The number of nitrogens with zero attached hydrogens (tertiary/aromatic N) is 1. The van der Waals surface area contributed by atoms with Crippen molar-refractivity contribution in [3.8, 4) is 11.5 Å². The number of alkyl halides is 3. The van der Waals surface area contributed by atoms with E-state index in [1.54, 1.807) is 0 Å². The lowest BCUT2D eigenvalue weighted by Gasteiger charge is -2.11. The molecule has 1 N–H and O–H groups in total. The minimum absolute atomic E-state index is 0.0103. The summed E-state index contributed by atoms with van der Waals surface area (Å²) in [6, 6.07) is 2.90. The Labute approximate surface area is 126 Å². The summed E-state index contributed by atoms with van der Waals surface area (Å²) in [5.41, 5.74) is -2.29. The van der Waals surface area contributed by atoms with E-state index in [9.17, 15) is 18.0 Å². The minimum atomic E-state index is -4.73. The molecule has 2 heterocycles. The molecular formula is C13H8ClF3N2O3. The number of aromatic nitrogens is 2. The van der Waals surface area contributed by atoms with Gasteiger partial charge in [-0.05, 0) is 11.6 Å². The maximum absolute atomic E-state index is 13.0. The Balaban J connectivity index is 2.06. The fourth-order valence-electron chi connectivity index (χ4n) is 2.12. The third-order valence-electron chi connectivity index (χ3n) is 3.13. The molecule has 0 saturated heterocycles. The van der Waals surface area contributed by atoms with E-state index in [0.29, 0.717) is 17.1 Å². The second kappa shape index (κ2) is 5.20. The molecule has 1 aliphatic heterocycles. The minimum Gasteiger partial charge on any atom is -0.454 e. The molecule has 116 valence electrons. The van der Waals surface area contributed by atoms with Crippen LogP contribution in [0.1, 0.15) is 16.8 Å². The van der Waals surface area contributed by atoms with Crippen LogP contribution in [0.15, 0.2) is 23.3 Å². The van der Waals surface area contributed by atoms with Crippen LogP contribution in [0.25, 0.3) is 0 Å². The molecule has 1 aromatic heterocycles. The van der Waals surface area contributed by atoms with E-state index in [-0.39, 0.29) is 18.2 Å². The maximum atomic E-state index is 13.0. The second-order valence-corrected chi connectivity index (χ2v) is 4.94. The van der Waals surface area contributed by atoms with Crippen molar-refractivity contribution in [3.63, 3.8) is 0 Å². The van der Waals surface area contributed by atoms with Gasteiger partial charge in [0, 0.05) is 17.5 Å². The van der Waals surface area contributed by atoms with Crippen LogP contribution in [-0.2, 0) is 12.6 Å². The second-order valence-electron chi connectivity index (χ2n) is 4.53. The van der Waals surface area contributed by atoms with E-state index < -0.39 is 23.0 Å². The highest BCUT2D eigenvalue weighted by molar-refractivity contribution is 6.31. The molecule has 22 heavy (non-hydrogen) atoms. The molecule has 2 aromatic rings. The van der Waals surface area contributed by atoms with Crippen LogP contribution in [0.4, 0.5) is 13.2 Å². The zero-order valence-electron chi connectivity index (χ0n) is 10.8. The van der Waals surface area contributed by atoms with Gasteiger partial charge in [-0.3, -0.25) is 4.79 Å². The predicted octanol–water partition coefficient (Wildman–Crippen LogP) is 2.76. The third kappa shape index (κ3) is 2.61. The van der Waals surface area contributed by atoms with Gasteiger partial charge in [-0.15, -0.1) is 0 Å². The number of fused-ring (bicyclic) bond motifs is 1. The Morgan fingerprint density at radius 1 is 1.27 bits per heavy atom. The molecule has 0 amide bonds. The van der Waals surface area contributed by atoms with Crippen LogP contribution in [-0.4, -0.2) is 16.8 Å². The van der Waals surface area contributed by atoms with Crippen molar-refractivity contribution >= 4 is 11.6 Å². The van der Waals surface area contributed by atoms with Crippen LogP contribution < -0.4 is 15.0 Å². The first-order chi connectivity index (χ1) is 10.4. The molecule has 5 nitrogen and oxygen atoms in total. The summed E-state index contributed by atoms with van der Waals surface area (Å²) in [7, 11) is 0. The molecule has 0 saturated carbocycles. The lowest BCUT2D eigenvalue weighted by molar-refractivity contribution is -0.141. The molecular weight excluding hydrogens is 325 g/mol. The molecule has 0 fully saturated rings. The molecule has 0 atom stereocenters. The molecule has 9 heteroatoms. The normalized spacial score (nSPS) is 13.5. The predicted molar refractivity (Wildman–Crippen MR) is 70.2 cm³/mol. The number of hydrogen-bond donors (Lipinski definition) is 1. The Morgan fingerprint density at radius 2 is 1.95 bits per heavy atom. The summed E-state index contributed by atoms with van der Waals surface area (Å²) >= 11 is 6.03. The Kier molecular flexibility index (Phi) is 3.48. The first-order valence-corrected chi connectivity index (χ1v) is 6.46. The fourth-order valence-corrected chi connectivity index (χ4v) is 2.34. The van der Waals surface area contributed by atoms with Crippen LogP contribution in [0, 0.1) is 0 Å². The number of nitrogens with one attached hydrogen (secondary N) is 1. The Hall–Kier alpha value is -2.22. The van der Waals surface area contributed by atoms with Gasteiger partial charge in [-0.1, -0.05) is 11.6 Å². The average molecular weight is 333 g/mol. The van der Waals surface area contributed by atoms with Crippen LogP contribution in [0.5, 0.6) is 11.5 Å². The molecule has 3 rings (SSSR count). The van der Waals surface area contributed by atoms with Crippen molar-refractivity contribution in [1.82, 2.24) is 9.97 Å². The van der Waals surface area contributed by atoms with Crippen molar-refractivity contribution in [1.29, 1.82) is 0 Å². The van der Waals surface area contributed by atoms with Crippen molar-refractivity contribution in [2.24, 2.45) is 0 Å². The average Bonchev–Trinajstić information content (AvgIpc) is 2.87. The van der Waals surface area contributed by atoms with Gasteiger partial charge in [0.1, 0.15) is 0 Å². The molecule has 0 unspecified atom stereocenters. The molecule has 0 aliphatic carbocycles. The summed E-state index contributed by atoms with van der Waals surface area (Å²) in [4.78, 5) is 17.1. The van der Waals surface area contributed by atoms with E-state index >= 15 is 0 Å². The standard InChI is InChI=1S/C13H8ClF3N2O3/c14-8-3-10-9(21-5-22-10)2-6(8)1-7-11(13(15,16)17)18-4-19-12(7)20/h2-4H,1,5H2,(H,18,19,20). The van der Waals surface area contributed by atoms with Gasteiger partial charge >= 0.3 is 6.18 Å². The number of halogens is 4. The summed E-state index contributed by atoms with van der Waals surface area (Å²) in [6.07, 6.45) is -4.34. The largest absolute Gasteiger partial charge is 0.454 e. The number of H-pyrrole nitrogens is 1. The number of benzene rings is 1. The van der Waals surface area contributed by atoms with Crippen molar-refractivity contribution < 1.29 is 22.6 Å². The number of aromatic amines is 1. The van der Waals surface area contributed by atoms with Crippen molar-refractivity contribution in [3.05, 3.63) is 50.7 Å². The lowest BCUT2D eigenvalue weighted by Crippen LogP contribution is -2.22. The monoisotopic (exact) mass is 332 g/mol. The lowest BCUT2D eigenvalue weighted by atomic mass is 10.0. The number of hydrogen-bond acceptors (Lipinski definition) is 4. The number of rotatable bonds is 2. The summed E-state index contributed by atoms with van der Waals surface area (Å²) in [5, 5.41) is 0.181. The molecule has 0 spiro atoms. The van der Waals surface area contributed by atoms with Gasteiger partial charge < -0.3 is 14.5 Å². The molecule has 1 aliphatic rings. The number of ether oxygens (including phenoxy) is 2. The van der Waals surface area contributed by atoms with E-state index in [1.807, 2.05) is 0 Å². The molecule has 1 aromatic carbocycles. The first kappa shape index (κ1) is 14.7. The summed E-state index contributed by atoms with van der Waals surface area (Å²) in [5.74, 6) is 0.776. The van der Waals surface area contributed by atoms with Crippen molar-refractivity contribution in [2.75, 3.05) is 6.79 Å². The van der Waals surface area contributed by atoms with Gasteiger partial charge in [0.2, 0.25) is 6.79 Å². The van der Waals surface area contributed by atoms with Gasteiger partial charge in [0.15, 0.2) is 17.2 Å². The molecule has 0 bridgehead atoms. The van der Waals surface area contributed by atoms with Crippen molar-refractivity contribution in [2.45, 2.75) is 12.6 Å². The topological polar surface area (TPSA) is 64.2 Å². The Bertz CT molecular complexity index is 789. The van der Waals surface area contributed by atoms with E-state index in [2.05, 4.69) is 9.97 Å².